The van der Waals surface area contributed by atoms with Gasteiger partial charge in [0, 0.05) is 28.3 Å². The van der Waals surface area contributed by atoms with Crippen molar-refractivity contribution < 1.29 is 0 Å². The number of anilines is 5. The number of benzene rings is 6. The van der Waals surface area contributed by atoms with Gasteiger partial charge in [-0.25, -0.2) is 4.98 Å². The Hall–Kier alpha value is -5.48. The molecule has 1 aliphatic rings. The van der Waals surface area contributed by atoms with Gasteiger partial charge in [0.05, 0.1) is 17.4 Å². The highest BCUT2D eigenvalue weighted by Gasteiger charge is 2.24. The van der Waals surface area contributed by atoms with Gasteiger partial charge in [-0.2, -0.15) is 0 Å². The quantitative estimate of drug-likeness (QED) is 0.189. The van der Waals surface area contributed by atoms with Crippen LogP contribution in [0.5, 0.6) is 0 Å². The Morgan fingerprint density at radius 3 is 1.69 bits per heavy atom. The van der Waals surface area contributed by atoms with Crippen molar-refractivity contribution in [2.75, 3.05) is 9.80 Å². The number of para-hydroxylation sites is 2. The molecule has 8 rings (SSSR count). The summed E-state index contributed by atoms with van der Waals surface area (Å²) in [6, 6.07) is 43.6. The van der Waals surface area contributed by atoms with Crippen LogP contribution in [-0.2, 0) is 0 Å². The molecular formula is C41H34N4. The average molecular weight is 583 g/mol. The van der Waals surface area contributed by atoms with Gasteiger partial charge in [-0.3, -0.25) is 14.8 Å². The monoisotopic (exact) mass is 582 g/mol. The molecule has 45 heavy (non-hydrogen) atoms. The van der Waals surface area contributed by atoms with Gasteiger partial charge in [0.1, 0.15) is 11.7 Å². The van der Waals surface area contributed by atoms with E-state index >= 15 is 0 Å². The van der Waals surface area contributed by atoms with Gasteiger partial charge in [0.15, 0.2) is 0 Å². The molecule has 0 aliphatic carbocycles. The lowest BCUT2D eigenvalue weighted by Gasteiger charge is -2.31. The van der Waals surface area contributed by atoms with E-state index in [9.17, 15) is 0 Å². The molecular weight excluding hydrogens is 548 g/mol. The van der Waals surface area contributed by atoms with E-state index < -0.39 is 0 Å². The predicted molar refractivity (Wildman–Crippen MR) is 191 cm³/mol. The maximum Gasteiger partial charge on any atom is 0.137 e. The Bertz CT molecular complexity index is 2200. The zero-order valence-electron chi connectivity index (χ0n) is 25.7. The molecule has 7 aromatic rings. The molecule has 0 radical (unpaired) electrons. The van der Waals surface area contributed by atoms with Crippen molar-refractivity contribution >= 4 is 66.7 Å². The molecule has 6 aromatic carbocycles. The number of amidine groups is 1. The lowest BCUT2D eigenvalue weighted by molar-refractivity contribution is 0.578. The van der Waals surface area contributed by atoms with Crippen molar-refractivity contribution in [3.05, 3.63) is 145 Å². The second-order valence-corrected chi connectivity index (χ2v) is 12.1. The van der Waals surface area contributed by atoms with Gasteiger partial charge < -0.3 is 0 Å². The van der Waals surface area contributed by atoms with E-state index in [1.165, 1.54) is 32.3 Å². The highest BCUT2D eigenvalue weighted by molar-refractivity contribution is 6.29. The van der Waals surface area contributed by atoms with E-state index in [1.807, 2.05) is 6.20 Å². The first kappa shape index (κ1) is 27.1. The van der Waals surface area contributed by atoms with E-state index in [2.05, 4.69) is 164 Å². The lowest BCUT2D eigenvalue weighted by Crippen LogP contribution is -2.29. The number of rotatable bonds is 5. The summed E-state index contributed by atoms with van der Waals surface area (Å²) in [5.41, 5.74) is 5.54. The number of hydrogen-bond donors (Lipinski definition) is 0. The Morgan fingerprint density at radius 2 is 1.13 bits per heavy atom. The van der Waals surface area contributed by atoms with Crippen LogP contribution in [0.1, 0.15) is 19.4 Å². The highest BCUT2D eigenvalue weighted by Crippen LogP contribution is 2.46. The molecule has 0 saturated heterocycles. The number of nitrogens with zero attached hydrogens (tertiary/aromatic N) is 4. The van der Waals surface area contributed by atoms with Crippen LogP contribution >= 0.6 is 0 Å². The minimum atomic E-state index is 0.206. The SMILES string of the molecule is Cc1ccc(N(c2ccccc2)c2ccc3ccc4c(N(C5=NC(C)C(C)C=C5)c5ccccc5)ccc5ccc2c3c54)nc1. The van der Waals surface area contributed by atoms with Crippen LogP contribution in [0, 0.1) is 12.8 Å². The van der Waals surface area contributed by atoms with Crippen LogP contribution in [0.3, 0.4) is 0 Å². The van der Waals surface area contributed by atoms with Gasteiger partial charge in [-0.1, -0.05) is 91.9 Å². The van der Waals surface area contributed by atoms with Gasteiger partial charge in [-0.15, -0.1) is 0 Å². The number of dihydropyridines is 1. The number of pyridine rings is 1. The zero-order chi connectivity index (χ0) is 30.5. The summed E-state index contributed by atoms with van der Waals surface area (Å²) < 4.78 is 0. The number of aliphatic imine (C=N–C) groups is 1. The third kappa shape index (κ3) is 4.61. The second kappa shape index (κ2) is 10.9. The number of hydrogen-bond acceptors (Lipinski definition) is 4. The molecule has 0 fully saturated rings. The third-order valence-corrected chi connectivity index (χ3v) is 9.13. The topological polar surface area (TPSA) is 31.7 Å². The molecule has 4 heteroatoms. The second-order valence-electron chi connectivity index (χ2n) is 12.1. The highest BCUT2D eigenvalue weighted by atomic mass is 15.2. The molecule has 2 unspecified atom stereocenters. The fraction of sp³-hybridized carbons (Fsp3) is 0.122. The Balaban J connectivity index is 1.39. The number of aryl methyl sites for hydroxylation is 1. The number of aromatic nitrogens is 1. The van der Waals surface area contributed by atoms with Gasteiger partial charge in [0.2, 0.25) is 0 Å². The van der Waals surface area contributed by atoms with Gasteiger partial charge >= 0.3 is 0 Å². The lowest BCUT2D eigenvalue weighted by atomic mass is 9.91. The van der Waals surface area contributed by atoms with E-state index in [0.717, 1.165) is 40.0 Å². The molecule has 2 atom stereocenters. The minimum absolute atomic E-state index is 0.206. The minimum Gasteiger partial charge on any atom is -0.295 e. The molecule has 1 aliphatic heterocycles. The summed E-state index contributed by atoms with van der Waals surface area (Å²) in [6.07, 6.45) is 6.40. The Kier molecular flexibility index (Phi) is 6.57. The van der Waals surface area contributed by atoms with E-state index in [-0.39, 0.29) is 6.04 Å². The molecule has 0 saturated carbocycles. The van der Waals surface area contributed by atoms with E-state index in [0.29, 0.717) is 5.92 Å². The van der Waals surface area contributed by atoms with Crippen LogP contribution in [0.2, 0.25) is 0 Å². The molecule has 4 nitrogen and oxygen atoms in total. The molecule has 2 heterocycles. The van der Waals surface area contributed by atoms with Crippen LogP contribution in [0.4, 0.5) is 28.6 Å². The molecule has 0 bridgehead atoms. The molecule has 218 valence electrons. The predicted octanol–water partition coefficient (Wildman–Crippen LogP) is 10.9. The normalized spacial score (nSPS) is 16.4. The standard InChI is InChI=1S/C41H34N4/c1-27-14-24-38(42-26-27)44(32-10-6-4-7-11-32)36-22-18-30-17-21-35-37(23-19-31-16-20-34(36)40(30)41(31)35)45(33-12-8-5-9-13-33)39-25-15-28(2)29(3)43-39/h4-26,28-29H,1-3H3. The van der Waals surface area contributed by atoms with E-state index in [4.69, 9.17) is 9.98 Å². The smallest absolute Gasteiger partial charge is 0.137 e. The van der Waals surface area contributed by atoms with Crippen LogP contribution in [0.15, 0.2) is 145 Å². The van der Waals surface area contributed by atoms with Crippen molar-refractivity contribution in [1.82, 2.24) is 4.98 Å². The average Bonchev–Trinajstić information content (AvgIpc) is 3.08. The van der Waals surface area contributed by atoms with Crippen molar-refractivity contribution in [2.24, 2.45) is 10.9 Å². The summed E-state index contributed by atoms with van der Waals surface area (Å²) in [5, 5.41) is 7.36. The summed E-state index contributed by atoms with van der Waals surface area (Å²) in [5.74, 6) is 2.26. The van der Waals surface area contributed by atoms with Crippen molar-refractivity contribution in [3.8, 4) is 0 Å². The maximum atomic E-state index is 5.18. The van der Waals surface area contributed by atoms with Crippen molar-refractivity contribution in [1.29, 1.82) is 0 Å². The van der Waals surface area contributed by atoms with Crippen LogP contribution < -0.4 is 9.80 Å². The largest absolute Gasteiger partial charge is 0.295 e. The van der Waals surface area contributed by atoms with Crippen LogP contribution in [0.25, 0.3) is 32.3 Å². The molecule has 1 aromatic heterocycles. The van der Waals surface area contributed by atoms with E-state index in [1.54, 1.807) is 0 Å². The zero-order valence-corrected chi connectivity index (χ0v) is 25.7. The fourth-order valence-electron chi connectivity index (χ4n) is 6.60. The van der Waals surface area contributed by atoms with Crippen molar-refractivity contribution in [2.45, 2.75) is 26.8 Å². The first-order chi connectivity index (χ1) is 22.1. The third-order valence-electron chi connectivity index (χ3n) is 9.13. The first-order valence-electron chi connectivity index (χ1n) is 15.7. The summed E-state index contributed by atoms with van der Waals surface area (Å²) in [6.45, 7) is 6.50. The molecule has 0 spiro atoms. The first-order valence-corrected chi connectivity index (χ1v) is 15.7. The van der Waals surface area contributed by atoms with Gasteiger partial charge in [-0.05, 0) is 95.4 Å². The van der Waals surface area contributed by atoms with Crippen LogP contribution in [-0.4, -0.2) is 16.9 Å². The summed E-state index contributed by atoms with van der Waals surface area (Å²) in [4.78, 5) is 14.6. The maximum absolute atomic E-state index is 5.18. The summed E-state index contributed by atoms with van der Waals surface area (Å²) in [7, 11) is 0. The Morgan fingerprint density at radius 1 is 0.578 bits per heavy atom. The van der Waals surface area contributed by atoms with Crippen molar-refractivity contribution in [3.63, 3.8) is 0 Å². The van der Waals surface area contributed by atoms with Gasteiger partial charge in [0.25, 0.3) is 0 Å². The molecule has 0 amide bonds. The fourth-order valence-corrected chi connectivity index (χ4v) is 6.60. The molecule has 0 N–H and O–H groups in total. The Labute approximate surface area is 263 Å². The summed E-state index contributed by atoms with van der Waals surface area (Å²) >= 11 is 0.